The van der Waals surface area contributed by atoms with Crippen molar-refractivity contribution < 1.29 is 37.7 Å². The summed E-state index contributed by atoms with van der Waals surface area (Å²) < 4.78 is 43.3. The van der Waals surface area contributed by atoms with Crippen LogP contribution in [0.25, 0.3) is 0 Å². The van der Waals surface area contributed by atoms with E-state index in [0.29, 0.717) is 23.7 Å². The van der Waals surface area contributed by atoms with Gasteiger partial charge in [0.25, 0.3) is 0 Å². The van der Waals surface area contributed by atoms with Crippen LogP contribution in [0.15, 0.2) is 140 Å². The first kappa shape index (κ1) is 41.7. The van der Waals surface area contributed by atoms with Crippen LogP contribution < -0.4 is 25.7 Å². The number of rotatable bonds is 12. The summed E-state index contributed by atoms with van der Waals surface area (Å²) in [7, 11) is -2.59. The third-order valence-corrected chi connectivity index (χ3v) is 32.4. The Bertz CT molecular complexity index is 2110. The predicted octanol–water partition coefficient (Wildman–Crippen LogP) is 7.50. The summed E-state index contributed by atoms with van der Waals surface area (Å²) in [6.07, 6.45) is -2.71. The Hall–Kier alpha value is -4.01. The van der Waals surface area contributed by atoms with Gasteiger partial charge >= 0.3 is 355 Å². The first-order valence-electron chi connectivity index (χ1n) is 20.5. The zero-order valence-corrected chi connectivity index (χ0v) is 38.8. The molecule has 8 rings (SSSR count). The number of esters is 1. The molecule has 1 saturated carbocycles. The SMILES string of the molecule is CC1(C)O[C@H]2[C@@H](O1)[C@H](NOCc1ccccc1)[CH]([Sn]([c]1ccccc1)([c]1ccccc1)[c]1ccccc1)[C@@H](OC(=O)c1ccc3c(c1)OCO3)[C@@H]2O[Si](C)(C)C(C)(C)C. The van der Waals surface area contributed by atoms with Crippen LogP contribution >= 0.6 is 0 Å². The molecule has 2 aliphatic heterocycles. The Balaban J connectivity index is 1.40. The van der Waals surface area contributed by atoms with Crippen molar-refractivity contribution in [1.82, 2.24) is 5.48 Å². The van der Waals surface area contributed by atoms with Crippen LogP contribution in [0, 0.1) is 0 Å². The number of hydroxylamine groups is 1. The van der Waals surface area contributed by atoms with Crippen molar-refractivity contribution in [2.24, 2.45) is 0 Å². The van der Waals surface area contributed by atoms with Crippen LogP contribution in [0.3, 0.4) is 0 Å². The summed E-state index contributed by atoms with van der Waals surface area (Å²) in [6.45, 7) is 15.5. The molecule has 1 aliphatic carbocycles. The number of ether oxygens (including phenoxy) is 5. The third-order valence-electron chi connectivity index (χ3n) is 12.5. The van der Waals surface area contributed by atoms with Crippen molar-refractivity contribution in [2.45, 2.75) is 99.5 Å². The van der Waals surface area contributed by atoms with Crippen molar-refractivity contribution in [2.75, 3.05) is 6.79 Å². The standard InChI is InChI=1S/C30H40NO8Si.3C6H5.Sn/c1-29(2,3)40(6,7)39-26-24(36-28(32)20-13-14-22-23(15-20)34-18-33-22)16-21(25-27(26)38-30(4,5)37-25)31-35-17-19-11-9-8-10-12-19;3*1-2-4-6-5-3-1;/h8-16,21,24-27,31H,17-18H2,1-7H3;3*1-5H;/t21-,24-,25+,26+,27+;;;;/m1..../s1. The van der Waals surface area contributed by atoms with Gasteiger partial charge in [0.2, 0.25) is 0 Å². The Labute approximate surface area is 353 Å². The molecule has 5 aromatic carbocycles. The van der Waals surface area contributed by atoms with Crippen LogP contribution in [0.1, 0.15) is 50.5 Å². The number of fused-ring (bicyclic) bond motifs is 2. The molecule has 0 bridgehead atoms. The number of carbonyl (C=O) groups excluding carboxylic acids is 1. The van der Waals surface area contributed by atoms with E-state index < -0.39 is 72.8 Å². The van der Waals surface area contributed by atoms with Gasteiger partial charge in [0.1, 0.15) is 0 Å². The van der Waals surface area contributed by atoms with E-state index in [0.717, 1.165) is 5.56 Å². The van der Waals surface area contributed by atoms with E-state index in [1.54, 1.807) is 18.2 Å². The van der Waals surface area contributed by atoms with Gasteiger partial charge in [-0.1, -0.05) is 0 Å². The second-order valence-electron chi connectivity index (χ2n) is 17.7. The molecular formula is C48H55NO8SiSn. The van der Waals surface area contributed by atoms with E-state index in [4.69, 9.17) is 32.9 Å². The average molecular weight is 921 g/mol. The van der Waals surface area contributed by atoms with E-state index in [2.05, 4.69) is 130 Å². The normalized spacial score (nSPS) is 23.7. The topological polar surface area (TPSA) is 93.7 Å². The second kappa shape index (κ2) is 16.8. The van der Waals surface area contributed by atoms with Gasteiger partial charge in [0.15, 0.2) is 0 Å². The molecular weight excluding hydrogens is 865 g/mol. The quantitative estimate of drug-likeness (QED) is 0.0777. The monoisotopic (exact) mass is 921 g/mol. The van der Waals surface area contributed by atoms with Gasteiger partial charge in [0.05, 0.1) is 0 Å². The molecule has 59 heavy (non-hydrogen) atoms. The van der Waals surface area contributed by atoms with E-state index in [1.165, 1.54) is 10.7 Å². The first-order valence-corrected chi connectivity index (χ1v) is 29.3. The molecule has 0 aromatic heterocycles. The third kappa shape index (κ3) is 8.25. The molecule has 5 aromatic rings. The van der Waals surface area contributed by atoms with Crippen molar-refractivity contribution >= 4 is 43.4 Å². The number of benzene rings is 5. The van der Waals surface area contributed by atoms with E-state index in [1.807, 2.05) is 44.2 Å². The summed E-state index contributed by atoms with van der Waals surface area (Å²) in [5, 5.41) is -0.175. The van der Waals surface area contributed by atoms with Crippen molar-refractivity contribution in [3.63, 3.8) is 0 Å². The van der Waals surface area contributed by atoms with Crippen LogP contribution in [0.2, 0.25) is 22.1 Å². The van der Waals surface area contributed by atoms with Crippen molar-refractivity contribution in [3.8, 4) is 11.5 Å². The zero-order chi connectivity index (χ0) is 41.4. The number of carbonyl (C=O) groups is 1. The van der Waals surface area contributed by atoms with Crippen LogP contribution in [-0.4, -0.2) is 75.7 Å². The summed E-state index contributed by atoms with van der Waals surface area (Å²) in [6, 6.07) is 47.1. The molecule has 3 aliphatic rings. The fourth-order valence-corrected chi connectivity index (χ4v) is 26.8. The molecule has 2 fully saturated rings. The molecule has 1 saturated heterocycles. The molecule has 0 amide bonds. The molecule has 1 N–H and O–H groups in total. The van der Waals surface area contributed by atoms with E-state index in [-0.39, 0.29) is 11.8 Å². The minimum absolute atomic E-state index is 0.0930. The van der Waals surface area contributed by atoms with Crippen LogP contribution in [0.5, 0.6) is 11.5 Å². The molecule has 9 nitrogen and oxygen atoms in total. The Kier molecular flexibility index (Phi) is 11.9. The van der Waals surface area contributed by atoms with Gasteiger partial charge in [-0.25, -0.2) is 0 Å². The molecule has 6 atom stereocenters. The molecule has 0 radical (unpaired) electrons. The number of hydrogen-bond donors (Lipinski definition) is 1. The fraction of sp³-hybridized carbons (Fsp3) is 0.354. The summed E-state index contributed by atoms with van der Waals surface area (Å²) >= 11 is -4.63. The maximum atomic E-state index is 15.0. The Morgan fingerprint density at radius 3 is 1.81 bits per heavy atom. The maximum absolute atomic E-state index is 15.0. The molecule has 0 spiro atoms. The zero-order valence-electron chi connectivity index (χ0n) is 34.9. The average Bonchev–Trinajstić information content (AvgIpc) is 3.84. The van der Waals surface area contributed by atoms with Gasteiger partial charge in [-0.3, -0.25) is 0 Å². The molecule has 2 heterocycles. The van der Waals surface area contributed by atoms with Gasteiger partial charge in [-0.15, -0.1) is 0 Å². The van der Waals surface area contributed by atoms with Gasteiger partial charge in [0, 0.05) is 0 Å². The summed E-state index contributed by atoms with van der Waals surface area (Å²) in [4.78, 5) is 21.6. The number of hydrogen-bond acceptors (Lipinski definition) is 9. The van der Waals surface area contributed by atoms with E-state index >= 15 is 0 Å². The number of nitrogens with one attached hydrogen (secondary N) is 1. The minimum atomic E-state index is -4.63. The second-order valence-corrected chi connectivity index (χ2v) is 33.9. The fourth-order valence-electron chi connectivity index (χ4n) is 8.79. The molecule has 1 unspecified atom stereocenters. The summed E-state index contributed by atoms with van der Waals surface area (Å²) in [5.74, 6) is -0.375. The molecule has 308 valence electrons. The summed E-state index contributed by atoms with van der Waals surface area (Å²) in [5.41, 5.74) is 4.98. The van der Waals surface area contributed by atoms with Gasteiger partial charge < -0.3 is 0 Å². The first-order chi connectivity index (χ1) is 28.3. The Morgan fingerprint density at radius 1 is 0.729 bits per heavy atom. The van der Waals surface area contributed by atoms with Gasteiger partial charge in [-0.05, 0) is 0 Å². The predicted molar refractivity (Wildman–Crippen MR) is 234 cm³/mol. The Morgan fingerprint density at radius 2 is 1.25 bits per heavy atom. The molecule has 11 heteroatoms. The van der Waals surface area contributed by atoms with Crippen molar-refractivity contribution in [1.29, 1.82) is 0 Å². The van der Waals surface area contributed by atoms with Crippen molar-refractivity contribution in [3.05, 3.63) is 151 Å². The van der Waals surface area contributed by atoms with Crippen LogP contribution in [0.4, 0.5) is 0 Å². The van der Waals surface area contributed by atoms with Crippen LogP contribution in [-0.2, 0) is 30.1 Å². The van der Waals surface area contributed by atoms with E-state index in [9.17, 15) is 4.79 Å². The van der Waals surface area contributed by atoms with Gasteiger partial charge in [-0.2, -0.15) is 0 Å².